The van der Waals surface area contributed by atoms with E-state index in [0.29, 0.717) is 11.6 Å². The van der Waals surface area contributed by atoms with Gasteiger partial charge in [0.05, 0.1) is 0 Å². The SMILES string of the molecule is CCNC(CC1CCCC1)C(C)(CC)N(CC)CC. The fraction of sp³-hybridized carbons (Fsp3) is 1.00. The number of likely N-dealkylation sites (N-methyl/N-ethyl adjacent to an activating group) is 2. The minimum atomic E-state index is 0.308. The highest BCUT2D eigenvalue weighted by Gasteiger charge is 2.37. The molecule has 2 nitrogen and oxygen atoms in total. The molecule has 1 aliphatic carbocycles. The van der Waals surface area contributed by atoms with Crippen molar-refractivity contribution in [3.63, 3.8) is 0 Å². The molecule has 1 saturated carbocycles. The lowest BCUT2D eigenvalue weighted by molar-refractivity contribution is 0.0607. The van der Waals surface area contributed by atoms with Gasteiger partial charge in [-0.25, -0.2) is 0 Å². The van der Waals surface area contributed by atoms with Crippen LogP contribution in [0, 0.1) is 5.92 Å². The maximum atomic E-state index is 3.81. The van der Waals surface area contributed by atoms with E-state index in [2.05, 4.69) is 44.8 Å². The van der Waals surface area contributed by atoms with E-state index in [1.165, 1.54) is 38.5 Å². The van der Waals surface area contributed by atoms with Gasteiger partial charge in [-0.3, -0.25) is 4.90 Å². The summed E-state index contributed by atoms with van der Waals surface area (Å²) in [5.74, 6) is 0.963. The van der Waals surface area contributed by atoms with Crippen LogP contribution in [0.5, 0.6) is 0 Å². The predicted molar refractivity (Wildman–Crippen MR) is 85.7 cm³/mol. The Kier molecular flexibility index (Phi) is 7.38. The Hall–Kier alpha value is -0.0800. The third-order valence-corrected chi connectivity index (χ3v) is 5.45. The van der Waals surface area contributed by atoms with E-state index in [9.17, 15) is 0 Å². The monoisotopic (exact) mass is 268 g/mol. The Morgan fingerprint density at radius 1 is 1.11 bits per heavy atom. The van der Waals surface area contributed by atoms with Crippen molar-refractivity contribution in [3.8, 4) is 0 Å². The molecular formula is C17H36N2. The first-order chi connectivity index (χ1) is 9.12. The minimum absolute atomic E-state index is 0.308. The molecule has 2 atom stereocenters. The molecule has 0 spiro atoms. The lowest BCUT2D eigenvalue weighted by Gasteiger charge is -2.47. The molecule has 1 aliphatic rings. The highest BCUT2D eigenvalue weighted by Crippen LogP contribution is 2.34. The summed E-state index contributed by atoms with van der Waals surface area (Å²) in [4.78, 5) is 2.66. The van der Waals surface area contributed by atoms with Gasteiger partial charge >= 0.3 is 0 Å². The maximum absolute atomic E-state index is 3.81. The van der Waals surface area contributed by atoms with Crippen LogP contribution in [0.4, 0.5) is 0 Å². The summed E-state index contributed by atoms with van der Waals surface area (Å²) in [6.45, 7) is 15.1. The van der Waals surface area contributed by atoms with Crippen LogP contribution >= 0.6 is 0 Å². The first-order valence-electron chi connectivity index (χ1n) is 8.60. The lowest BCUT2D eigenvalue weighted by Crippen LogP contribution is -2.59. The lowest BCUT2D eigenvalue weighted by atomic mass is 9.81. The Morgan fingerprint density at radius 3 is 2.11 bits per heavy atom. The molecule has 0 amide bonds. The van der Waals surface area contributed by atoms with Crippen molar-refractivity contribution in [3.05, 3.63) is 0 Å². The van der Waals surface area contributed by atoms with Gasteiger partial charge in [0.15, 0.2) is 0 Å². The van der Waals surface area contributed by atoms with Gasteiger partial charge in [-0.05, 0) is 45.3 Å². The molecule has 0 aromatic rings. The van der Waals surface area contributed by atoms with Gasteiger partial charge in [0, 0.05) is 11.6 Å². The third kappa shape index (κ3) is 4.19. The van der Waals surface area contributed by atoms with E-state index < -0.39 is 0 Å². The Balaban J connectivity index is 2.78. The standard InChI is InChI=1S/C17H36N2/c1-6-17(5,19(8-3)9-4)16(18-7-2)14-15-12-10-11-13-15/h15-16,18H,6-14H2,1-5H3. The molecule has 2 unspecified atom stereocenters. The van der Waals surface area contributed by atoms with E-state index in [1.807, 2.05) is 0 Å². The second-order valence-corrected chi connectivity index (χ2v) is 6.38. The summed E-state index contributed by atoms with van der Waals surface area (Å²) in [5.41, 5.74) is 0.308. The first-order valence-corrected chi connectivity index (χ1v) is 8.60. The van der Waals surface area contributed by atoms with Crippen molar-refractivity contribution in [2.45, 2.75) is 84.7 Å². The molecule has 0 saturated heterocycles. The summed E-state index contributed by atoms with van der Waals surface area (Å²) >= 11 is 0. The van der Waals surface area contributed by atoms with E-state index >= 15 is 0 Å². The molecule has 19 heavy (non-hydrogen) atoms. The number of hydrogen-bond acceptors (Lipinski definition) is 2. The van der Waals surface area contributed by atoms with E-state index in [1.54, 1.807) is 0 Å². The van der Waals surface area contributed by atoms with E-state index in [4.69, 9.17) is 0 Å². The van der Waals surface area contributed by atoms with Crippen molar-refractivity contribution in [1.29, 1.82) is 0 Å². The molecule has 0 radical (unpaired) electrons. The molecule has 0 bridgehead atoms. The van der Waals surface area contributed by atoms with Crippen LogP contribution in [0.3, 0.4) is 0 Å². The number of nitrogens with zero attached hydrogens (tertiary/aromatic N) is 1. The van der Waals surface area contributed by atoms with Crippen LogP contribution in [-0.4, -0.2) is 36.1 Å². The van der Waals surface area contributed by atoms with Gasteiger partial charge in [-0.1, -0.05) is 53.4 Å². The van der Waals surface area contributed by atoms with Gasteiger partial charge in [-0.15, -0.1) is 0 Å². The number of nitrogens with one attached hydrogen (secondary N) is 1. The molecule has 0 aromatic carbocycles. The molecule has 1 N–H and O–H groups in total. The zero-order valence-corrected chi connectivity index (χ0v) is 14.0. The third-order valence-electron chi connectivity index (χ3n) is 5.45. The average Bonchev–Trinajstić information content (AvgIpc) is 2.92. The summed E-state index contributed by atoms with van der Waals surface area (Å²) < 4.78 is 0. The largest absolute Gasteiger partial charge is 0.312 e. The Labute approximate surface area is 121 Å². The van der Waals surface area contributed by atoms with Gasteiger partial charge in [0.25, 0.3) is 0 Å². The topological polar surface area (TPSA) is 15.3 Å². The van der Waals surface area contributed by atoms with Crippen LogP contribution < -0.4 is 5.32 Å². The van der Waals surface area contributed by atoms with E-state index in [0.717, 1.165) is 25.6 Å². The van der Waals surface area contributed by atoms with Crippen LogP contribution in [-0.2, 0) is 0 Å². The smallest absolute Gasteiger partial charge is 0.0331 e. The molecule has 0 aromatic heterocycles. The average molecular weight is 268 g/mol. The van der Waals surface area contributed by atoms with Crippen molar-refractivity contribution in [2.75, 3.05) is 19.6 Å². The van der Waals surface area contributed by atoms with Crippen molar-refractivity contribution in [2.24, 2.45) is 5.92 Å². The first kappa shape index (κ1) is 17.0. The van der Waals surface area contributed by atoms with Gasteiger partial charge < -0.3 is 5.32 Å². The second kappa shape index (κ2) is 8.26. The molecular weight excluding hydrogens is 232 g/mol. The molecule has 2 heteroatoms. The van der Waals surface area contributed by atoms with Crippen LogP contribution in [0.15, 0.2) is 0 Å². The van der Waals surface area contributed by atoms with Gasteiger partial charge in [0.1, 0.15) is 0 Å². The molecule has 114 valence electrons. The zero-order chi connectivity index (χ0) is 14.3. The van der Waals surface area contributed by atoms with Crippen molar-refractivity contribution >= 4 is 0 Å². The number of rotatable bonds is 9. The summed E-state index contributed by atoms with van der Waals surface area (Å²) in [7, 11) is 0. The molecule has 0 aliphatic heterocycles. The Bertz CT molecular complexity index is 231. The van der Waals surface area contributed by atoms with Crippen LogP contribution in [0.2, 0.25) is 0 Å². The predicted octanol–water partition coefficient (Wildman–Crippen LogP) is 4.06. The van der Waals surface area contributed by atoms with Crippen LogP contribution in [0.25, 0.3) is 0 Å². The maximum Gasteiger partial charge on any atom is 0.0331 e. The highest BCUT2D eigenvalue weighted by molar-refractivity contribution is 4.97. The van der Waals surface area contributed by atoms with Crippen molar-refractivity contribution in [1.82, 2.24) is 10.2 Å². The normalized spacial score (nSPS) is 21.8. The quantitative estimate of drug-likeness (QED) is 0.678. The minimum Gasteiger partial charge on any atom is -0.312 e. The second-order valence-electron chi connectivity index (χ2n) is 6.38. The number of hydrogen-bond donors (Lipinski definition) is 1. The summed E-state index contributed by atoms with van der Waals surface area (Å²) in [5, 5.41) is 3.81. The summed E-state index contributed by atoms with van der Waals surface area (Å²) in [6, 6.07) is 0.644. The van der Waals surface area contributed by atoms with Gasteiger partial charge in [0.2, 0.25) is 0 Å². The molecule has 1 rings (SSSR count). The van der Waals surface area contributed by atoms with Crippen LogP contribution in [0.1, 0.15) is 73.1 Å². The molecule has 0 heterocycles. The fourth-order valence-corrected chi connectivity index (χ4v) is 4.02. The highest BCUT2D eigenvalue weighted by atomic mass is 15.2. The Morgan fingerprint density at radius 2 is 1.68 bits per heavy atom. The fourth-order valence-electron chi connectivity index (χ4n) is 4.02. The van der Waals surface area contributed by atoms with Gasteiger partial charge in [-0.2, -0.15) is 0 Å². The van der Waals surface area contributed by atoms with Crippen molar-refractivity contribution < 1.29 is 0 Å². The summed E-state index contributed by atoms with van der Waals surface area (Å²) in [6.07, 6.45) is 8.43. The molecule has 1 fully saturated rings. The zero-order valence-electron chi connectivity index (χ0n) is 14.0. The van der Waals surface area contributed by atoms with E-state index in [-0.39, 0.29) is 0 Å².